The van der Waals surface area contributed by atoms with Crippen LogP contribution in [0.5, 0.6) is 11.6 Å². The number of hydrogen-bond acceptors (Lipinski definition) is 5. The highest BCUT2D eigenvalue weighted by atomic mass is 16.5. The minimum atomic E-state index is -0.0278. The Morgan fingerprint density at radius 3 is 3.10 bits per heavy atom. The highest BCUT2D eigenvalue weighted by Gasteiger charge is 2.09. The van der Waals surface area contributed by atoms with Crippen molar-refractivity contribution in [3.63, 3.8) is 0 Å². The van der Waals surface area contributed by atoms with E-state index < -0.39 is 0 Å². The third-order valence-corrected chi connectivity index (χ3v) is 2.90. The molecule has 0 saturated carbocycles. The summed E-state index contributed by atoms with van der Waals surface area (Å²) in [5.74, 6) is 1.71. The second-order valence-electron chi connectivity index (χ2n) is 4.25. The molecule has 0 bridgehead atoms. The fourth-order valence-corrected chi connectivity index (χ4v) is 1.91. The van der Waals surface area contributed by atoms with Crippen LogP contribution in [0.4, 0.5) is 5.82 Å². The molecule has 0 saturated heterocycles. The van der Waals surface area contributed by atoms with Crippen LogP contribution in [0.3, 0.4) is 0 Å². The Hall–Kier alpha value is -2.60. The summed E-state index contributed by atoms with van der Waals surface area (Å²) in [6.07, 6.45) is 5.35. The van der Waals surface area contributed by atoms with E-state index in [-0.39, 0.29) is 6.61 Å². The van der Waals surface area contributed by atoms with Gasteiger partial charge in [-0.15, -0.1) is 0 Å². The predicted octanol–water partition coefficient (Wildman–Crippen LogP) is 2.06. The largest absolute Gasteiger partial charge is 0.436 e. The molecule has 6 nitrogen and oxygen atoms in total. The van der Waals surface area contributed by atoms with E-state index in [0.717, 1.165) is 5.56 Å². The fraction of sp³-hybridized carbons (Fsp3) is 0.143. The summed E-state index contributed by atoms with van der Waals surface area (Å²) in [6, 6.07) is 7.24. The first kappa shape index (κ1) is 12.4. The standard InChI is InChI=1S/C14H14N4O2/c1-15-12-8-18-6-5-16-13(18)14(17-12)20-11-4-2-3-10(7-11)9-19/h2-8,15,19H,9H2,1H3. The highest BCUT2D eigenvalue weighted by molar-refractivity contribution is 5.55. The van der Waals surface area contributed by atoms with Crippen LogP contribution >= 0.6 is 0 Å². The van der Waals surface area contributed by atoms with E-state index in [1.807, 2.05) is 35.0 Å². The number of hydrogen-bond donors (Lipinski definition) is 2. The number of rotatable bonds is 4. The molecular weight excluding hydrogens is 256 g/mol. The van der Waals surface area contributed by atoms with E-state index in [0.29, 0.717) is 23.1 Å². The fourth-order valence-electron chi connectivity index (χ4n) is 1.91. The van der Waals surface area contributed by atoms with E-state index in [1.165, 1.54) is 0 Å². The van der Waals surface area contributed by atoms with Crippen molar-refractivity contribution in [1.82, 2.24) is 14.4 Å². The molecule has 0 fully saturated rings. The number of aliphatic hydroxyl groups excluding tert-OH is 1. The molecular formula is C14H14N4O2. The van der Waals surface area contributed by atoms with Crippen molar-refractivity contribution in [2.24, 2.45) is 0 Å². The molecule has 0 aliphatic carbocycles. The molecule has 3 aromatic rings. The lowest BCUT2D eigenvalue weighted by Crippen LogP contribution is -1.99. The van der Waals surface area contributed by atoms with Crippen molar-refractivity contribution >= 4 is 11.5 Å². The maximum absolute atomic E-state index is 9.15. The molecule has 0 atom stereocenters. The molecule has 2 heterocycles. The molecule has 0 amide bonds. The lowest BCUT2D eigenvalue weighted by Gasteiger charge is -2.09. The first-order chi connectivity index (χ1) is 9.80. The van der Waals surface area contributed by atoms with Crippen molar-refractivity contribution in [2.45, 2.75) is 6.61 Å². The molecule has 0 aliphatic rings. The summed E-state index contributed by atoms with van der Waals surface area (Å²) in [5.41, 5.74) is 1.42. The van der Waals surface area contributed by atoms with E-state index in [2.05, 4.69) is 15.3 Å². The number of aromatic nitrogens is 3. The zero-order valence-corrected chi connectivity index (χ0v) is 10.9. The summed E-state index contributed by atoms with van der Waals surface area (Å²) in [6.45, 7) is -0.0278. The number of anilines is 1. The summed E-state index contributed by atoms with van der Waals surface area (Å²) in [4.78, 5) is 8.59. The van der Waals surface area contributed by atoms with Gasteiger partial charge in [0.1, 0.15) is 11.6 Å². The second kappa shape index (κ2) is 5.18. The number of aliphatic hydroxyl groups is 1. The van der Waals surface area contributed by atoms with Crippen LogP contribution in [-0.4, -0.2) is 26.5 Å². The maximum atomic E-state index is 9.15. The minimum Gasteiger partial charge on any atom is -0.436 e. The Morgan fingerprint density at radius 2 is 2.30 bits per heavy atom. The quantitative estimate of drug-likeness (QED) is 0.759. The van der Waals surface area contributed by atoms with Gasteiger partial charge in [0.05, 0.1) is 12.8 Å². The summed E-state index contributed by atoms with van der Waals surface area (Å²) in [7, 11) is 1.79. The van der Waals surface area contributed by atoms with Gasteiger partial charge in [-0.1, -0.05) is 12.1 Å². The first-order valence-corrected chi connectivity index (χ1v) is 6.19. The van der Waals surface area contributed by atoms with Crippen LogP contribution in [-0.2, 0) is 6.61 Å². The molecule has 3 rings (SSSR count). The molecule has 6 heteroatoms. The number of nitrogens with zero attached hydrogens (tertiary/aromatic N) is 3. The van der Waals surface area contributed by atoms with Gasteiger partial charge in [-0.3, -0.25) is 4.40 Å². The molecule has 1 aromatic carbocycles. The molecule has 2 N–H and O–H groups in total. The number of benzene rings is 1. The molecule has 0 radical (unpaired) electrons. The van der Waals surface area contributed by atoms with Gasteiger partial charge in [0, 0.05) is 19.4 Å². The van der Waals surface area contributed by atoms with E-state index in [1.54, 1.807) is 19.3 Å². The van der Waals surface area contributed by atoms with Crippen molar-refractivity contribution in [2.75, 3.05) is 12.4 Å². The molecule has 102 valence electrons. The molecule has 0 unspecified atom stereocenters. The van der Waals surface area contributed by atoms with Crippen LogP contribution in [0.2, 0.25) is 0 Å². The highest BCUT2D eigenvalue weighted by Crippen LogP contribution is 2.25. The van der Waals surface area contributed by atoms with Gasteiger partial charge in [-0.25, -0.2) is 4.98 Å². The van der Waals surface area contributed by atoms with Crippen LogP contribution in [0.1, 0.15) is 5.56 Å². The van der Waals surface area contributed by atoms with Gasteiger partial charge < -0.3 is 15.2 Å². The van der Waals surface area contributed by atoms with Gasteiger partial charge in [-0.05, 0) is 17.7 Å². The van der Waals surface area contributed by atoms with E-state index in [4.69, 9.17) is 9.84 Å². The van der Waals surface area contributed by atoms with Gasteiger partial charge in [0.15, 0.2) is 0 Å². The van der Waals surface area contributed by atoms with Gasteiger partial charge in [-0.2, -0.15) is 4.98 Å². The van der Waals surface area contributed by atoms with E-state index >= 15 is 0 Å². The van der Waals surface area contributed by atoms with Crippen molar-refractivity contribution < 1.29 is 9.84 Å². The third-order valence-electron chi connectivity index (χ3n) is 2.90. The number of imidazole rings is 1. The molecule has 0 spiro atoms. The molecule has 20 heavy (non-hydrogen) atoms. The zero-order chi connectivity index (χ0) is 13.9. The molecule has 0 aliphatic heterocycles. The number of nitrogens with one attached hydrogen (secondary N) is 1. The zero-order valence-electron chi connectivity index (χ0n) is 10.9. The van der Waals surface area contributed by atoms with Gasteiger partial charge in [0.2, 0.25) is 5.65 Å². The predicted molar refractivity (Wildman–Crippen MR) is 75.0 cm³/mol. The topological polar surface area (TPSA) is 71.7 Å². The van der Waals surface area contributed by atoms with E-state index in [9.17, 15) is 0 Å². The lowest BCUT2D eigenvalue weighted by atomic mass is 10.2. The van der Waals surface area contributed by atoms with Gasteiger partial charge >= 0.3 is 0 Å². The Balaban J connectivity index is 2.02. The molecule has 2 aromatic heterocycles. The number of fused-ring (bicyclic) bond motifs is 1. The summed E-state index contributed by atoms with van der Waals surface area (Å²) >= 11 is 0. The van der Waals surface area contributed by atoms with Crippen molar-refractivity contribution in [3.05, 3.63) is 48.4 Å². The third kappa shape index (κ3) is 2.28. The summed E-state index contributed by atoms with van der Waals surface area (Å²) < 4.78 is 7.63. The van der Waals surface area contributed by atoms with Crippen LogP contribution < -0.4 is 10.1 Å². The SMILES string of the molecule is CNc1cn2ccnc2c(Oc2cccc(CO)c2)n1. The summed E-state index contributed by atoms with van der Waals surface area (Å²) in [5, 5.41) is 12.1. The van der Waals surface area contributed by atoms with Gasteiger partial charge in [0.25, 0.3) is 5.88 Å². The first-order valence-electron chi connectivity index (χ1n) is 6.19. The lowest BCUT2D eigenvalue weighted by molar-refractivity contribution is 0.281. The maximum Gasteiger partial charge on any atom is 0.265 e. The van der Waals surface area contributed by atoms with Crippen LogP contribution in [0.15, 0.2) is 42.9 Å². The van der Waals surface area contributed by atoms with Crippen molar-refractivity contribution in [1.29, 1.82) is 0 Å². The average molecular weight is 270 g/mol. The Kier molecular flexibility index (Phi) is 3.22. The minimum absolute atomic E-state index is 0.0278. The second-order valence-corrected chi connectivity index (χ2v) is 4.25. The Bertz CT molecular complexity index is 739. The monoisotopic (exact) mass is 270 g/mol. The Labute approximate surface area is 115 Å². The van der Waals surface area contributed by atoms with Crippen LogP contribution in [0, 0.1) is 0 Å². The average Bonchev–Trinajstić information content (AvgIpc) is 2.96. The van der Waals surface area contributed by atoms with Crippen molar-refractivity contribution in [3.8, 4) is 11.6 Å². The van der Waals surface area contributed by atoms with Crippen LogP contribution in [0.25, 0.3) is 5.65 Å². The normalized spacial score (nSPS) is 10.7. The smallest absolute Gasteiger partial charge is 0.265 e. The Morgan fingerprint density at radius 1 is 1.40 bits per heavy atom. The number of ether oxygens (including phenoxy) is 1.